The van der Waals surface area contributed by atoms with Crippen LogP contribution in [0, 0.1) is 0 Å². The molecule has 0 aromatic heterocycles. The van der Waals surface area contributed by atoms with Gasteiger partial charge >= 0.3 is 0 Å². The first-order valence-corrected chi connectivity index (χ1v) is 6.28. The van der Waals surface area contributed by atoms with Crippen LogP contribution >= 0.6 is 0 Å². The highest BCUT2D eigenvalue weighted by Crippen LogP contribution is 2.17. The molecule has 1 heterocycles. The summed E-state index contributed by atoms with van der Waals surface area (Å²) in [6, 6.07) is 6.77. The number of carbonyl (C=O) groups is 2. The third-order valence-corrected chi connectivity index (χ3v) is 3.04. The summed E-state index contributed by atoms with van der Waals surface area (Å²) in [5, 5.41) is 5.91. The van der Waals surface area contributed by atoms with Gasteiger partial charge in [-0.25, -0.2) is 0 Å². The van der Waals surface area contributed by atoms with E-state index in [1.54, 1.807) is 24.3 Å². The normalized spacial score (nSPS) is 13.3. The Hall–Kier alpha value is -2.34. The van der Waals surface area contributed by atoms with Crippen molar-refractivity contribution in [1.82, 2.24) is 5.32 Å². The molecule has 1 aliphatic rings. The zero-order chi connectivity index (χ0) is 14.5. The molecule has 2 rings (SSSR count). The number of hydrogen-bond acceptors (Lipinski definition) is 4. The number of primary amides is 1. The van der Waals surface area contributed by atoms with Gasteiger partial charge in [0.1, 0.15) is 5.75 Å². The number of anilines is 1. The molecule has 6 heteroatoms. The highest BCUT2D eigenvalue weighted by molar-refractivity contribution is 6.04. The molecule has 4 N–H and O–H groups in total. The largest absolute Gasteiger partial charge is 0.484 e. The summed E-state index contributed by atoms with van der Waals surface area (Å²) in [6.07, 6.45) is 0. The van der Waals surface area contributed by atoms with Gasteiger partial charge in [0.05, 0.1) is 0 Å². The van der Waals surface area contributed by atoms with Gasteiger partial charge in [0.15, 0.2) is 6.61 Å². The molecule has 20 heavy (non-hydrogen) atoms. The van der Waals surface area contributed by atoms with Crippen LogP contribution in [-0.4, -0.2) is 31.5 Å². The van der Waals surface area contributed by atoms with Crippen molar-refractivity contribution in [3.05, 3.63) is 35.4 Å². The molecular formula is C14H17N3O3. The smallest absolute Gasteiger partial charge is 0.255 e. The van der Waals surface area contributed by atoms with E-state index >= 15 is 0 Å². The molecule has 1 aromatic rings. The maximum Gasteiger partial charge on any atom is 0.255 e. The van der Waals surface area contributed by atoms with E-state index in [-0.39, 0.29) is 12.5 Å². The van der Waals surface area contributed by atoms with Gasteiger partial charge in [-0.2, -0.15) is 0 Å². The van der Waals surface area contributed by atoms with Crippen molar-refractivity contribution in [1.29, 1.82) is 0 Å². The summed E-state index contributed by atoms with van der Waals surface area (Å²) in [6.45, 7) is 3.21. The van der Waals surface area contributed by atoms with Gasteiger partial charge in [-0.1, -0.05) is 0 Å². The van der Waals surface area contributed by atoms with Gasteiger partial charge in [-0.05, 0) is 36.8 Å². The fourth-order valence-corrected chi connectivity index (χ4v) is 1.69. The zero-order valence-electron chi connectivity index (χ0n) is 11.2. The second-order valence-corrected chi connectivity index (χ2v) is 4.57. The summed E-state index contributed by atoms with van der Waals surface area (Å²) in [5.74, 6) is -0.105. The van der Waals surface area contributed by atoms with Crippen LogP contribution in [0.2, 0.25) is 0 Å². The predicted octanol–water partition coefficient (Wildman–Crippen LogP) is 0.409. The third kappa shape index (κ3) is 3.58. The number of hydrogen-bond donors (Lipinski definition) is 3. The highest BCUT2D eigenvalue weighted by Gasteiger charge is 2.15. The standard InChI is InChI=1S/C14H17N3O3/c1-9(10-6-16-7-10)14(19)17-11-2-4-12(5-3-11)20-8-13(15)18/h2-5,16H,6-8H2,1H3,(H2,15,18)(H,17,19). The van der Waals surface area contributed by atoms with Crippen molar-refractivity contribution in [2.45, 2.75) is 6.92 Å². The number of carbonyl (C=O) groups excluding carboxylic acids is 2. The number of nitrogens with one attached hydrogen (secondary N) is 2. The molecule has 1 aromatic carbocycles. The first kappa shape index (κ1) is 14.1. The van der Waals surface area contributed by atoms with Crippen LogP contribution in [0.5, 0.6) is 5.75 Å². The Balaban J connectivity index is 1.93. The number of amides is 2. The second kappa shape index (κ2) is 6.21. The van der Waals surface area contributed by atoms with E-state index in [2.05, 4.69) is 10.6 Å². The molecule has 106 valence electrons. The molecular weight excluding hydrogens is 258 g/mol. The van der Waals surface area contributed by atoms with Crippen LogP contribution in [-0.2, 0) is 9.59 Å². The van der Waals surface area contributed by atoms with Gasteiger partial charge in [0, 0.05) is 24.4 Å². The average Bonchev–Trinajstić information content (AvgIpc) is 2.35. The van der Waals surface area contributed by atoms with Crippen molar-refractivity contribution in [3.63, 3.8) is 0 Å². The number of benzene rings is 1. The van der Waals surface area contributed by atoms with E-state index in [0.717, 1.165) is 24.2 Å². The fraction of sp³-hybridized carbons (Fsp3) is 0.286. The lowest BCUT2D eigenvalue weighted by molar-refractivity contribution is -0.120. The molecule has 2 amide bonds. The number of rotatable bonds is 5. The van der Waals surface area contributed by atoms with Crippen LogP contribution in [0.15, 0.2) is 35.4 Å². The van der Waals surface area contributed by atoms with Crippen LogP contribution < -0.4 is 21.1 Å². The minimum atomic E-state index is -0.529. The highest BCUT2D eigenvalue weighted by atomic mass is 16.5. The average molecular weight is 275 g/mol. The van der Waals surface area contributed by atoms with E-state index in [0.29, 0.717) is 11.4 Å². The topological polar surface area (TPSA) is 93.4 Å². The maximum atomic E-state index is 12.0. The lowest BCUT2D eigenvalue weighted by Crippen LogP contribution is -2.36. The number of ether oxygens (including phenoxy) is 1. The van der Waals surface area contributed by atoms with Crippen LogP contribution in [0.1, 0.15) is 6.92 Å². The Bertz CT molecular complexity index is 543. The Morgan fingerprint density at radius 3 is 2.45 bits per heavy atom. The van der Waals surface area contributed by atoms with E-state index < -0.39 is 5.91 Å². The summed E-state index contributed by atoms with van der Waals surface area (Å²) in [7, 11) is 0. The molecule has 0 aliphatic carbocycles. The summed E-state index contributed by atoms with van der Waals surface area (Å²) in [5.41, 5.74) is 7.54. The predicted molar refractivity (Wildman–Crippen MR) is 75.3 cm³/mol. The second-order valence-electron chi connectivity index (χ2n) is 4.57. The SMILES string of the molecule is CC(C(=O)Nc1ccc(OCC(N)=O)cc1)=C1CNC1. The third-order valence-electron chi connectivity index (χ3n) is 3.04. The maximum absolute atomic E-state index is 12.0. The van der Waals surface area contributed by atoms with Gasteiger partial charge in [-0.15, -0.1) is 0 Å². The Morgan fingerprint density at radius 2 is 1.95 bits per heavy atom. The van der Waals surface area contributed by atoms with Gasteiger partial charge < -0.3 is 21.1 Å². The Labute approximate surface area is 117 Å². The Kier molecular flexibility index (Phi) is 4.37. The van der Waals surface area contributed by atoms with Crippen LogP contribution in [0.4, 0.5) is 5.69 Å². The molecule has 0 radical (unpaired) electrons. The minimum Gasteiger partial charge on any atom is -0.484 e. The van der Waals surface area contributed by atoms with Crippen molar-refractivity contribution in [2.24, 2.45) is 5.73 Å². The van der Waals surface area contributed by atoms with Crippen LogP contribution in [0.3, 0.4) is 0 Å². The quantitative estimate of drug-likeness (QED) is 0.678. The van der Waals surface area contributed by atoms with E-state index in [4.69, 9.17) is 10.5 Å². The lowest BCUT2D eigenvalue weighted by Gasteiger charge is -2.21. The Morgan fingerprint density at radius 1 is 1.30 bits per heavy atom. The van der Waals surface area contributed by atoms with E-state index in [1.807, 2.05) is 6.92 Å². The molecule has 1 saturated heterocycles. The lowest BCUT2D eigenvalue weighted by atomic mass is 10.0. The first-order chi connectivity index (χ1) is 9.56. The number of nitrogens with two attached hydrogens (primary N) is 1. The molecule has 0 unspecified atom stereocenters. The molecule has 6 nitrogen and oxygen atoms in total. The van der Waals surface area contributed by atoms with E-state index in [9.17, 15) is 9.59 Å². The molecule has 0 saturated carbocycles. The molecule has 0 atom stereocenters. The van der Waals surface area contributed by atoms with Gasteiger partial charge in [0.25, 0.3) is 11.8 Å². The zero-order valence-corrected chi connectivity index (χ0v) is 11.2. The van der Waals surface area contributed by atoms with Gasteiger partial charge in [-0.3, -0.25) is 9.59 Å². The first-order valence-electron chi connectivity index (χ1n) is 6.28. The summed E-state index contributed by atoms with van der Waals surface area (Å²) < 4.78 is 5.13. The summed E-state index contributed by atoms with van der Waals surface area (Å²) in [4.78, 5) is 22.5. The van der Waals surface area contributed by atoms with Crippen molar-refractivity contribution >= 4 is 17.5 Å². The minimum absolute atomic E-state index is 0.104. The molecule has 1 fully saturated rings. The van der Waals surface area contributed by atoms with Crippen molar-refractivity contribution in [2.75, 3.05) is 25.0 Å². The van der Waals surface area contributed by atoms with Crippen molar-refractivity contribution in [3.8, 4) is 5.75 Å². The monoisotopic (exact) mass is 275 g/mol. The fourth-order valence-electron chi connectivity index (χ4n) is 1.69. The molecule has 0 bridgehead atoms. The van der Waals surface area contributed by atoms with E-state index in [1.165, 1.54) is 0 Å². The van der Waals surface area contributed by atoms with Crippen molar-refractivity contribution < 1.29 is 14.3 Å². The molecule has 0 spiro atoms. The van der Waals surface area contributed by atoms with Crippen LogP contribution in [0.25, 0.3) is 0 Å². The summed E-state index contributed by atoms with van der Waals surface area (Å²) >= 11 is 0. The van der Waals surface area contributed by atoms with Gasteiger partial charge in [0.2, 0.25) is 0 Å². The molecule has 1 aliphatic heterocycles.